The predicted molar refractivity (Wildman–Crippen MR) is 84.6 cm³/mol. The molecule has 0 saturated carbocycles. The van der Waals surface area contributed by atoms with Crippen LogP contribution in [0.5, 0.6) is 0 Å². The van der Waals surface area contributed by atoms with E-state index in [1.807, 2.05) is 6.07 Å². The zero-order valence-corrected chi connectivity index (χ0v) is 12.7. The monoisotopic (exact) mass is 289 g/mol. The summed E-state index contributed by atoms with van der Waals surface area (Å²) in [6.45, 7) is 4.84. The van der Waals surface area contributed by atoms with Crippen molar-refractivity contribution >= 4 is 11.8 Å². The molecule has 1 atom stereocenters. The Morgan fingerprint density at radius 2 is 1.75 bits per heavy atom. The molecule has 0 aliphatic rings. The molecule has 0 aromatic heterocycles. The lowest BCUT2D eigenvalue weighted by molar-refractivity contribution is 0.625. The van der Waals surface area contributed by atoms with E-state index in [1.54, 1.807) is 23.9 Å². The topological polar surface area (TPSA) is 26.0 Å². The molecule has 0 aliphatic heterocycles. The van der Waals surface area contributed by atoms with E-state index in [0.717, 1.165) is 10.5 Å². The minimum atomic E-state index is -0.211. The highest BCUT2D eigenvalue weighted by Crippen LogP contribution is 2.35. The van der Waals surface area contributed by atoms with Gasteiger partial charge in [0.15, 0.2) is 0 Å². The summed E-state index contributed by atoms with van der Waals surface area (Å²) >= 11 is 1.68. The van der Waals surface area contributed by atoms with Crippen LogP contribution in [0, 0.1) is 5.82 Å². The minimum absolute atomic E-state index is 0.0793. The van der Waals surface area contributed by atoms with Crippen molar-refractivity contribution in [2.45, 2.75) is 29.9 Å². The summed E-state index contributed by atoms with van der Waals surface area (Å²) < 4.78 is 13.3. The van der Waals surface area contributed by atoms with Gasteiger partial charge < -0.3 is 5.73 Å². The van der Waals surface area contributed by atoms with E-state index in [2.05, 4.69) is 38.1 Å². The Balaban J connectivity index is 2.14. The molecule has 2 N–H and O–H groups in total. The van der Waals surface area contributed by atoms with Crippen molar-refractivity contribution in [2.75, 3.05) is 6.54 Å². The summed E-state index contributed by atoms with van der Waals surface area (Å²) in [4.78, 5) is 1.16. The molecule has 0 saturated heterocycles. The van der Waals surface area contributed by atoms with Gasteiger partial charge in [-0.15, -0.1) is 11.8 Å². The highest BCUT2D eigenvalue weighted by Gasteiger charge is 2.12. The van der Waals surface area contributed by atoms with E-state index in [1.165, 1.54) is 11.6 Å². The molecular formula is C17H20FNS. The Labute approximate surface area is 124 Å². The quantitative estimate of drug-likeness (QED) is 0.804. The fraction of sp³-hybridized carbons (Fsp3) is 0.294. The zero-order valence-electron chi connectivity index (χ0n) is 11.8. The lowest BCUT2D eigenvalue weighted by atomic mass is 10.0. The van der Waals surface area contributed by atoms with Crippen molar-refractivity contribution in [3.8, 4) is 0 Å². The first-order valence-electron chi connectivity index (χ1n) is 6.82. The maximum atomic E-state index is 13.3. The number of nitrogens with two attached hydrogens (primary N) is 1. The molecule has 0 heterocycles. The first-order chi connectivity index (χ1) is 9.60. The number of benzene rings is 2. The van der Waals surface area contributed by atoms with E-state index in [-0.39, 0.29) is 11.1 Å². The normalized spacial score (nSPS) is 12.7. The molecule has 0 aliphatic carbocycles. The fourth-order valence-electron chi connectivity index (χ4n) is 2.05. The third-order valence-corrected chi connectivity index (χ3v) is 4.55. The van der Waals surface area contributed by atoms with Gasteiger partial charge in [0, 0.05) is 16.7 Å². The van der Waals surface area contributed by atoms with Gasteiger partial charge in [0.25, 0.3) is 0 Å². The minimum Gasteiger partial charge on any atom is -0.329 e. The second kappa shape index (κ2) is 6.91. The van der Waals surface area contributed by atoms with Crippen molar-refractivity contribution in [1.29, 1.82) is 0 Å². The first-order valence-corrected chi connectivity index (χ1v) is 7.70. The number of halogens is 1. The highest BCUT2D eigenvalue weighted by atomic mass is 32.2. The van der Waals surface area contributed by atoms with Crippen LogP contribution in [0.25, 0.3) is 0 Å². The average Bonchev–Trinajstić information content (AvgIpc) is 2.45. The summed E-state index contributed by atoms with van der Waals surface area (Å²) in [6, 6.07) is 15.2. The summed E-state index contributed by atoms with van der Waals surface area (Å²) in [5.41, 5.74) is 8.10. The van der Waals surface area contributed by atoms with Crippen LogP contribution in [0.3, 0.4) is 0 Å². The van der Waals surface area contributed by atoms with Gasteiger partial charge in [-0.2, -0.15) is 0 Å². The van der Waals surface area contributed by atoms with Crippen LogP contribution in [0.2, 0.25) is 0 Å². The van der Waals surface area contributed by atoms with Crippen LogP contribution in [-0.4, -0.2) is 6.54 Å². The molecule has 0 fully saturated rings. The zero-order chi connectivity index (χ0) is 14.5. The van der Waals surface area contributed by atoms with E-state index >= 15 is 0 Å². The smallest absolute Gasteiger partial charge is 0.123 e. The van der Waals surface area contributed by atoms with E-state index in [9.17, 15) is 4.39 Å². The van der Waals surface area contributed by atoms with Gasteiger partial charge in [-0.3, -0.25) is 0 Å². The fourth-order valence-corrected chi connectivity index (χ4v) is 3.06. The average molecular weight is 289 g/mol. The Morgan fingerprint density at radius 1 is 1.05 bits per heavy atom. The molecule has 0 radical (unpaired) electrons. The second-order valence-electron chi connectivity index (χ2n) is 5.12. The lowest BCUT2D eigenvalue weighted by Gasteiger charge is -2.15. The second-order valence-corrected chi connectivity index (χ2v) is 6.40. The van der Waals surface area contributed by atoms with Crippen LogP contribution in [-0.2, 0) is 0 Å². The molecule has 1 unspecified atom stereocenters. The molecule has 1 nitrogen and oxygen atoms in total. The molecule has 20 heavy (non-hydrogen) atoms. The summed E-state index contributed by atoms with van der Waals surface area (Å²) in [5.74, 6) is 0.319. The number of hydrogen-bond acceptors (Lipinski definition) is 2. The molecule has 2 aromatic carbocycles. The van der Waals surface area contributed by atoms with Crippen molar-refractivity contribution in [1.82, 2.24) is 0 Å². The van der Waals surface area contributed by atoms with Crippen LogP contribution >= 0.6 is 11.8 Å². The highest BCUT2D eigenvalue weighted by molar-refractivity contribution is 7.99. The van der Waals surface area contributed by atoms with Gasteiger partial charge in [0.2, 0.25) is 0 Å². The third-order valence-electron chi connectivity index (χ3n) is 3.26. The summed E-state index contributed by atoms with van der Waals surface area (Å²) in [5, 5.41) is 0.0793. The van der Waals surface area contributed by atoms with Crippen LogP contribution < -0.4 is 5.73 Å². The molecule has 106 valence electrons. The van der Waals surface area contributed by atoms with Crippen molar-refractivity contribution in [2.24, 2.45) is 5.73 Å². The van der Waals surface area contributed by atoms with E-state index < -0.39 is 0 Å². The molecule has 0 bridgehead atoms. The molecular weight excluding hydrogens is 269 g/mol. The maximum absolute atomic E-state index is 13.3. The molecule has 2 aromatic rings. The molecule has 2 rings (SSSR count). The van der Waals surface area contributed by atoms with Crippen LogP contribution in [0.15, 0.2) is 53.4 Å². The Hall–Kier alpha value is -1.32. The van der Waals surface area contributed by atoms with Crippen molar-refractivity contribution in [3.63, 3.8) is 0 Å². The van der Waals surface area contributed by atoms with Gasteiger partial charge in [-0.05, 0) is 41.3 Å². The maximum Gasteiger partial charge on any atom is 0.123 e. The molecule has 3 heteroatoms. The predicted octanol–water partition coefficient (Wildman–Crippen LogP) is 4.74. The summed E-state index contributed by atoms with van der Waals surface area (Å²) in [7, 11) is 0. The summed E-state index contributed by atoms with van der Waals surface area (Å²) in [6.07, 6.45) is 0. The van der Waals surface area contributed by atoms with Gasteiger partial charge in [-0.1, -0.05) is 38.1 Å². The lowest BCUT2D eigenvalue weighted by Crippen LogP contribution is -2.09. The Bertz CT molecular complexity index is 551. The van der Waals surface area contributed by atoms with Crippen molar-refractivity contribution in [3.05, 3.63) is 65.5 Å². The Kier molecular flexibility index (Phi) is 5.21. The number of thioether (sulfide) groups is 1. The number of hydrogen-bond donors (Lipinski definition) is 1. The van der Waals surface area contributed by atoms with E-state index in [4.69, 9.17) is 5.73 Å². The van der Waals surface area contributed by atoms with E-state index in [0.29, 0.717) is 12.5 Å². The van der Waals surface area contributed by atoms with Crippen molar-refractivity contribution < 1.29 is 4.39 Å². The largest absolute Gasteiger partial charge is 0.329 e. The van der Waals surface area contributed by atoms with Crippen LogP contribution in [0.1, 0.15) is 36.1 Å². The molecule has 0 amide bonds. The SMILES string of the molecule is CC(C)c1ccc(SC(CN)c2cccc(F)c2)cc1. The van der Waals surface area contributed by atoms with Crippen LogP contribution in [0.4, 0.5) is 4.39 Å². The van der Waals surface area contributed by atoms with Gasteiger partial charge in [-0.25, -0.2) is 4.39 Å². The standard InChI is InChI=1S/C17H20FNS/c1-12(2)13-6-8-16(9-7-13)20-17(11-19)14-4-3-5-15(18)10-14/h3-10,12,17H,11,19H2,1-2H3. The third kappa shape index (κ3) is 3.84. The van der Waals surface area contributed by atoms with Gasteiger partial charge >= 0.3 is 0 Å². The van der Waals surface area contributed by atoms with Gasteiger partial charge in [0.05, 0.1) is 0 Å². The number of rotatable bonds is 5. The van der Waals surface area contributed by atoms with Gasteiger partial charge in [0.1, 0.15) is 5.82 Å². The first kappa shape index (κ1) is 15.1. The Morgan fingerprint density at radius 3 is 2.30 bits per heavy atom. The molecule has 0 spiro atoms.